The summed E-state index contributed by atoms with van der Waals surface area (Å²) in [6, 6.07) is 4.34. The van der Waals surface area contributed by atoms with Crippen molar-refractivity contribution in [2.45, 2.75) is 104 Å². The summed E-state index contributed by atoms with van der Waals surface area (Å²) in [5.74, 6) is -0.136. The van der Waals surface area contributed by atoms with Crippen molar-refractivity contribution in [3.05, 3.63) is 52.1 Å². The number of carbonyl (C=O) groups is 1. The van der Waals surface area contributed by atoms with Crippen LogP contribution in [0.2, 0.25) is 0 Å². The average molecular weight is 511 g/mol. The highest BCUT2D eigenvalue weighted by atomic mass is 16.7. The van der Waals surface area contributed by atoms with E-state index >= 15 is 0 Å². The summed E-state index contributed by atoms with van der Waals surface area (Å²) >= 11 is 0. The number of hydrogen-bond donors (Lipinski definition) is 2. The molecule has 1 aromatic rings. The molecule has 0 aromatic heterocycles. The third-order valence-corrected chi connectivity index (χ3v) is 10.4. The molecule has 6 heteroatoms. The standard InChI is InChI=1S/C31H42O6/c1-17-14-31(20(4)18(2)27(34)37-31)36-23-15-29(7)22-11-10-21(28(5,6)12-9-13-32)19(3)26(22)35-24(33)16-30(29,8)25(17)23/h9-12,17,23-25,32-33H,13-16H2,1-8H3/b12-9+/t17-,23+,24+,25+,29+,30-,31-/m1/s1. The van der Waals surface area contributed by atoms with Crippen LogP contribution in [0.25, 0.3) is 0 Å². The van der Waals surface area contributed by atoms with E-state index in [-0.39, 0.29) is 46.8 Å². The van der Waals surface area contributed by atoms with E-state index in [0.717, 1.165) is 34.4 Å². The van der Waals surface area contributed by atoms with Crippen LogP contribution in [0.15, 0.2) is 35.4 Å². The van der Waals surface area contributed by atoms with Gasteiger partial charge in [-0.15, -0.1) is 0 Å². The summed E-state index contributed by atoms with van der Waals surface area (Å²) in [6.07, 6.45) is 4.59. The molecule has 2 fully saturated rings. The largest absolute Gasteiger partial charge is 0.465 e. The van der Waals surface area contributed by atoms with Crippen molar-refractivity contribution >= 4 is 5.97 Å². The van der Waals surface area contributed by atoms with Crippen LogP contribution in [-0.2, 0) is 25.1 Å². The van der Waals surface area contributed by atoms with Crippen LogP contribution in [0.1, 0.15) is 84.4 Å². The Bertz CT molecular complexity index is 1200. The molecule has 4 aliphatic rings. The van der Waals surface area contributed by atoms with Gasteiger partial charge in [0.05, 0.1) is 12.7 Å². The number of rotatable bonds is 3. The number of benzene rings is 1. The topological polar surface area (TPSA) is 85.2 Å². The molecule has 1 saturated carbocycles. The minimum absolute atomic E-state index is 0.00892. The maximum absolute atomic E-state index is 12.5. The van der Waals surface area contributed by atoms with Gasteiger partial charge in [0.25, 0.3) is 0 Å². The Morgan fingerprint density at radius 3 is 2.46 bits per heavy atom. The molecule has 6 nitrogen and oxygen atoms in total. The van der Waals surface area contributed by atoms with Crippen molar-refractivity contribution in [2.24, 2.45) is 17.3 Å². The van der Waals surface area contributed by atoms with Gasteiger partial charge < -0.3 is 24.4 Å². The molecule has 0 radical (unpaired) electrons. The van der Waals surface area contributed by atoms with Crippen molar-refractivity contribution in [3.63, 3.8) is 0 Å². The summed E-state index contributed by atoms with van der Waals surface area (Å²) in [5.41, 5.74) is 3.81. The molecular formula is C31H42O6. The quantitative estimate of drug-likeness (QED) is 0.428. The molecule has 3 heterocycles. The minimum atomic E-state index is -0.987. The van der Waals surface area contributed by atoms with Crippen LogP contribution in [0.3, 0.4) is 0 Å². The second kappa shape index (κ2) is 8.42. The van der Waals surface area contributed by atoms with Crippen LogP contribution < -0.4 is 4.74 Å². The van der Waals surface area contributed by atoms with Crippen molar-refractivity contribution in [1.82, 2.24) is 0 Å². The first kappa shape index (κ1) is 26.5. The third-order valence-electron chi connectivity index (χ3n) is 10.4. The van der Waals surface area contributed by atoms with Crippen LogP contribution in [0.5, 0.6) is 5.75 Å². The second-order valence-electron chi connectivity index (χ2n) is 12.9. The zero-order chi connectivity index (χ0) is 27.1. The first-order chi connectivity index (χ1) is 17.2. The van der Waals surface area contributed by atoms with Crippen LogP contribution >= 0.6 is 0 Å². The summed E-state index contributed by atoms with van der Waals surface area (Å²) in [5, 5.41) is 20.6. The Kier molecular flexibility index (Phi) is 6.02. The van der Waals surface area contributed by atoms with Crippen molar-refractivity contribution in [1.29, 1.82) is 0 Å². The molecule has 1 aromatic carbocycles. The third kappa shape index (κ3) is 3.59. The predicted octanol–water partition coefficient (Wildman–Crippen LogP) is 5.22. The lowest BCUT2D eigenvalue weighted by atomic mass is 9.57. The Morgan fingerprint density at radius 2 is 1.84 bits per heavy atom. The molecule has 3 aliphatic heterocycles. The van der Waals surface area contributed by atoms with Gasteiger partial charge in [-0.2, -0.15) is 0 Å². The van der Waals surface area contributed by atoms with Gasteiger partial charge in [-0.1, -0.05) is 58.9 Å². The lowest BCUT2D eigenvalue weighted by Crippen LogP contribution is -2.52. The van der Waals surface area contributed by atoms with Gasteiger partial charge in [0.1, 0.15) is 5.75 Å². The SMILES string of the molecule is CC1=C(C)[C@@]2(C[C@@H](C)[C@H]3[C@H](C[C@@]4(C)c5ccc(C(C)(C)/C=C/CO)c(C)c5O[C@H](O)C[C@]34C)O2)OC1=O. The summed E-state index contributed by atoms with van der Waals surface area (Å²) < 4.78 is 19.0. The molecule has 2 N–H and O–H groups in total. The normalized spacial score (nSPS) is 39.4. The van der Waals surface area contributed by atoms with Crippen molar-refractivity contribution in [2.75, 3.05) is 6.61 Å². The molecule has 1 saturated heterocycles. The molecule has 0 bridgehead atoms. The molecule has 0 amide bonds. The fourth-order valence-electron chi connectivity index (χ4n) is 8.27. The number of esters is 1. The maximum Gasteiger partial charge on any atom is 0.336 e. The number of hydrogen-bond acceptors (Lipinski definition) is 6. The van der Waals surface area contributed by atoms with E-state index in [1.54, 1.807) is 6.08 Å². The van der Waals surface area contributed by atoms with Crippen LogP contribution in [-0.4, -0.2) is 41.0 Å². The van der Waals surface area contributed by atoms with Crippen LogP contribution in [0.4, 0.5) is 0 Å². The van der Waals surface area contributed by atoms with E-state index in [2.05, 4.69) is 53.7 Å². The Labute approximate surface area is 220 Å². The molecule has 7 atom stereocenters. The predicted molar refractivity (Wildman–Crippen MR) is 141 cm³/mol. The molecule has 1 spiro atoms. The zero-order valence-corrected chi connectivity index (χ0v) is 23.5. The lowest BCUT2D eigenvalue weighted by Gasteiger charge is -2.50. The Morgan fingerprint density at radius 1 is 1.14 bits per heavy atom. The minimum Gasteiger partial charge on any atom is -0.465 e. The van der Waals surface area contributed by atoms with E-state index < -0.39 is 12.1 Å². The van der Waals surface area contributed by atoms with Gasteiger partial charge in [-0.25, -0.2) is 4.79 Å². The van der Waals surface area contributed by atoms with Gasteiger partial charge in [0.2, 0.25) is 5.79 Å². The number of aliphatic hydroxyl groups is 2. The monoisotopic (exact) mass is 510 g/mol. The van der Waals surface area contributed by atoms with E-state index in [1.807, 2.05) is 19.9 Å². The van der Waals surface area contributed by atoms with E-state index in [4.69, 9.17) is 14.2 Å². The number of aliphatic hydroxyl groups excluding tert-OH is 2. The van der Waals surface area contributed by atoms with Gasteiger partial charge in [0.15, 0.2) is 6.29 Å². The smallest absolute Gasteiger partial charge is 0.336 e. The van der Waals surface area contributed by atoms with E-state index in [0.29, 0.717) is 18.4 Å². The number of allylic oxidation sites excluding steroid dienone is 1. The fraction of sp³-hybridized carbons (Fsp3) is 0.645. The Balaban J connectivity index is 1.62. The highest BCUT2D eigenvalue weighted by molar-refractivity contribution is 5.92. The Hall–Kier alpha value is -2.15. The molecule has 37 heavy (non-hydrogen) atoms. The van der Waals surface area contributed by atoms with E-state index in [1.165, 1.54) is 0 Å². The maximum atomic E-state index is 12.5. The molecule has 5 rings (SSSR count). The average Bonchev–Trinajstić information content (AvgIpc) is 3.11. The first-order valence-electron chi connectivity index (χ1n) is 13.6. The lowest BCUT2D eigenvalue weighted by molar-refractivity contribution is -0.263. The summed E-state index contributed by atoms with van der Waals surface area (Å²) in [4.78, 5) is 12.5. The van der Waals surface area contributed by atoms with Gasteiger partial charge in [0, 0.05) is 40.4 Å². The highest BCUT2D eigenvalue weighted by Gasteiger charge is 2.68. The first-order valence-corrected chi connectivity index (χ1v) is 13.6. The van der Waals surface area contributed by atoms with Gasteiger partial charge >= 0.3 is 5.97 Å². The highest BCUT2D eigenvalue weighted by Crippen LogP contribution is 2.68. The number of fused-ring (bicyclic) bond motifs is 5. The van der Waals surface area contributed by atoms with Crippen molar-refractivity contribution < 1.29 is 29.2 Å². The van der Waals surface area contributed by atoms with Crippen molar-refractivity contribution in [3.8, 4) is 5.75 Å². The molecule has 0 unspecified atom stereocenters. The molecular weight excluding hydrogens is 468 g/mol. The van der Waals surface area contributed by atoms with Gasteiger partial charge in [-0.05, 0) is 55.6 Å². The number of carbonyl (C=O) groups excluding carboxylic acids is 1. The fourth-order valence-corrected chi connectivity index (χ4v) is 8.27. The van der Waals surface area contributed by atoms with Gasteiger partial charge in [-0.3, -0.25) is 0 Å². The molecule has 1 aliphatic carbocycles. The van der Waals surface area contributed by atoms with E-state index in [9.17, 15) is 15.0 Å². The summed E-state index contributed by atoms with van der Waals surface area (Å²) in [6.45, 7) is 16.9. The molecule has 202 valence electrons. The second-order valence-corrected chi connectivity index (χ2v) is 12.9. The number of ether oxygens (including phenoxy) is 3. The zero-order valence-electron chi connectivity index (χ0n) is 23.5. The summed E-state index contributed by atoms with van der Waals surface area (Å²) in [7, 11) is 0. The van der Waals surface area contributed by atoms with Crippen LogP contribution in [0, 0.1) is 24.2 Å².